The molecule has 0 atom stereocenters. The Labute approximate surface area is 188 Å². The highest BCUT2D eigenvalue weighted by Crippen LogP contribution is 2.28. The number of aromatic nitrogens is 2. The topological polar surface area (TPSA) is 107 Å². The molecule has 0 saturated carbocycles. The van der Waals surface area contributed by atoms with Crippen molar-refractivity contribution in [2.45, 2.75) is 26.3 Å². The third-order valence-electron chi connectivity index (χ3n) is 4.98. The first-order valence-corrected chi connectivity index (χ1v) is 10.3. The molecule has 4 aromatic rings. The fourth-order valence-corrected chi connectivity index (χ4v) is 3.46. The van der Waals surface area contributed by atoms with E-state index in [0.29, 0.717) is 34.5 Å². The molecule has 2 aromatic heterocycles. The van der Waals surface area contributed by atoms with Gasteiger partial charge in [0.2, 0.25) is 17.6 Å². The first-order chi connectivity index (χ1) is 15.4. The molecule has 0 spiro atoms. The summed E-state index contributed by atoms with van der Waals surface area (Å²) in [4.78, 5) is 28.3. The molecule has 0 saturated heterocycles. The number of carbonyl (C=O) groups excluding carboxylic acids is 1. The van der Waals surface area contributed by atoms with Crippen LogP contribution in [-0.4, -0.2) is 23.2 Å². The lowest BCUT2D eigenvalue weighted by molar-refractivity contribution is -0.121. The molecule has 8 nitrogen and oxygen atoms in total. The minimum Gasteiger partial charge on any atom is -0.496 e. The Morgan fingerprint density at radius 3 is 2.72 bits per heavy atom. The first-order valence-electron chi connectivity index (χ1n) is 9.89. The highest BCUT2D eigenvalue weighted by atomic mass is 35.5. The quantitative estimate of drug-likeness (QED) is 0.420. The minimum absolute atomic E-state index is 0.124. The van der Waals surface area contributed by atoms with Crippen molar-refractivity contribution in [3.05, 3.63) is 74.9 Å². The monoisotopic (exact) mass is 453 g/mol. The van der Waals surface area contributed by atoms with Crippen LogP contribution in [0, 0.1) is 6.92 Å². The van der Waals surface area contributed by atoms with E-state index in [1.807, 2.05) is 13.0 Å². The molecular weight excluding hydrogens is 434 g/mol. The van der Waals surface area contributed by atoms with Gasteiger partial charge >= 0.3 is 5.63 Å². The van der Waals surface area contributed by atoms with Crippen LogP contribution in [0.4, 0.5) is 0 Å². The number of carbonyl (C=O) groups is 1. The number of methoxy groups -OCH3 is 1. The molecule has 1 N–H and O–H groups in total. The van der Waals surface area contributed by atoms with Crippen molar-refractivity contribution in [2.75, 3.05) is 7.11 Å². The summed E-state index contributed by atoms with van der Waals surface area (Å²) >= 11 is 5.89. The Morgan fingerprint density at radius 2 is 1.97 bits per heavy atom. The summed E-state index contributed by atoms with van der Waals surface area (Å²) in [5, 5.41) is 8.13. The van der Waals surface area contributed by atoms with Gasteiger partial charge < -0.3 is 19.0 Å². The summed E-state index contributed by atoms with van der Waals surface area (Å²) in [6.45, 7) is 1.96. The van der Waals surface area contributed by atoms with Crippen LogP contribution in [0.5, 0.6) is 5.75 Å². The molecule has 32 heavy (non-hydrogen) atoms. The van der Waals surface area contributed by atoms with Crippen molar-refractivity contribution in [3.63, 3.8) is 0 Å². The Bertz CT molecular complexity index is 1330. The molecule has 0 bridgehead atoms. The van der Waals surface area contributed by atoms with Crippen molar-refractivity contribution in [3.8, 4) is 17.1 Å². The van der Waals surface area contributed by atoms with Gasteiger partial charge in [0, 0.05) is 34.5 Å². The van der Waals surface area contributed by atoms with Crippen LogP contribution in [-0.2, 0) is 17.8 Å². The molecule has 0 fully saturated rings. The predicted octanol–water partition coefficient (Wildman–Crippen LogP) is 4.06. The second kappa shape index (κ2) is 9.23. The van der Waals surface area contributed by atoms with E-state index in [2.05, 4.69) is 15.5 Å². The zero-order valence-electron chi connectivity index (χ0n) is 17.5. The van der Waals surface area contributed by atoms with Gasteiger partial charge in [-0.05, 0) is 54.8 Å². The van der Waals surface area contributed by atoms with E-state index in [4.69, 9.17) is 25.3 Å². The molecule has 0 aliphatic heterocycles. The number of rotatable bonds is 7. The summed E-state index contributed by atoms with van der Waals surface area (Å²) in [5.74, 6) is 1.12. The molecule has 4 rings (SSSR count). The third-order valence-corrected chi connectivity index (χ3v) is 5.23. The molecule has 1 amide bonds. The average Bonchev–Trinajstić information content (AvgIpc) is 3.25. The van der Waals surface area contributed by atoms with E-state index in [-0.39, 0.29) is 18.9 Å². The Balaban J connectivity index is 1.38. The summed E-state index contributed by atoms with van der Waals surface area (Å²) in [5.41, 5.74) is 2.45. The van der Waals surface area contributed by atoms with Crippen LogP contribution in [0.3, 0.4) is 0 Å². The molecular formula is C23H20ClN3O5. The number of benzene rings is 2. The van der Waals surface area contributed by atoms with E-state index >= 15 is 0 Å². The van der Waals surface area contributed by atoms with Crippen molar-refractivity contribution in [2.24, 2.45) is 0 Å². The van der Waals surface area contributed by atoms with Crippen LogP contribution in [0.15, 0.2) is 56.2 Å². The van der Waals surface area contributed by atoms with Gasteiger partial charge in [0.15, 0.2) is 0 Å². The molecule has 9 heteroatoms. The number of aryl methyl sites for hydroxylation is 2. The Morgan fingerprint density at radius 1 is 1.19 bits per heavy atom. The van der Waals surface area contributed by atoms with E-state index < -0.39 is 5.63 Å². The zero-order chi connectivity index (χ0) is 22.7. The van der Waals surface area contributed by atoms with Crippen LogP contribution in [0.2, 0.25) is 5.02 Å². The van der Waals surface area contributed by atoms with Crippen molar-refractivity contribution in [1.29, 1.82) is 0 Å². The fourth-order valence-electron chi connectivity index (χ4n) is 3.33. The van der Waals surface area contributed by atoms with Crippen LogP contribution < -0.4 is 15.7 Å². The average molecular weight is 454 g/mol. The number of ether oxygens (including phenoxy) is 1. The molecule has 164 valence electrons. The number of nitrogens with zero attached hydrogens (tertiary/aromatic N) is 2. The third kappa shape index (κ3) is 4.81. The van der Waals surface area contributed by atoms with Crippen molar-refractivity contribution < 1.29 is 18.5 Å². The summed E-state index contributed by atoms with van der Waals surface area (Å²) in [7, 11) is 1.53. The highest BCUT2D eigenvalue weighted by Gasteiger charge is 2.13. The molecule has 0 radical (unpaired) electrons. The Kier molecular flexibility index (Phi) is 6.23. The number of halogens is 1. The largest absolute Gasteiger partial charge is 0.496 e. The van der Waals surface area contributed by atoms with Gasteiger partial charge in [0.25, 0.3) is 0 Å². The lowest BCUT2D eigenvalue weighted by Crippen LogP contribution is -2.23. The second-order valence-corrected chi connectivity index (χ2v) is 7.64. The predicted molar refractivity (Wildman–Crippen MR) is 119 cm³/mol. The number of hydrogen-bond donors (Lipinski definition) is 1. The lowest BCUT2D eigenvalue weighted by atomic mass is 10.0. The maximum atomic E-state index is 12.4. The maximum Gasteiger partial charge on any atom is 0.336 e. The van der Waals surface area contributed by atoms with Crippen LogP contribution in [0.1, 0.15) is 23.4 Å². The smallest absolute Gasteiger partial charge is 0.336 e. The molecule has 2 aromatic carbocycles. The number of nitrogens with one attached hydrogen (secondary N) is 1. The number of hydrogen-bond acceptors (Lipinski definition) is 7. The zero-order valence-corrected chi connectivity index (χ0v) is 18.2. The van der Waals surface area contributed by atoms with Gasteiger partial charge in [0.05, 0.1) is 13.7 Å². The van der Waals surface area contributed by atoms with Crippen molar-refractivity contribution >= 4 is 28.5 Å². The maximum absolute atomic E-state index is 12.4. The lowest BCUT2D eigenvalue weighted by Gasteiger charge is -2.11. The number of fused-ring (bicyclic) bond motifs is 1. The Hall–Kier alpha value is -3.65. The first kappa shape index (κ1) is 21.6. The molecule has 0 unspecified atom stereocenters. The van der Waals surface area contributed by atoms with Gasteiger partial charge in [-0.2, -0.15) is 4.98 Å². The van der Waals surface area contributed by atoms with Gasteiger partial charge in [-0.25, -0.2) is 4.79 Å². The molecule has 0 aliphatic carbocycles. The van der Waals surface area contributed by atoms with E-state index in [1.54, 1.807) is 30.3 Å². The van der Waals surface area contributed by atoms with Crippen LogP contribution >= 0.6 is 11.6 Å². The van der Waals surface area contributed by atoms with E-state index in [1.165, 1.54) is 13.2 Å². The van der Waals surface area contributed by atoms with Crippen LogP contribution in [0.25, 0.3) is 22.4 Å². The molecule has 0 aliphatic rings. The van der Waals surface area contributed by atoms with Gasteiger partial charge in [0.1, 0.15) is 11.3 Å². The number of amides is 1. The summed E-state index contributed by atoms with van der Waals surface area (Å²) in [6.07, 6.45) is 0.680. The van der Waals surface area contributed by atoms with Crippen molar-refractivity contribution in [1.82, 2.24) is 15.5 Å². The fraction of sp³-hybridized carbons (Fsp3) is 0.217. The minimum atomic E-state index is -0.413. The van der Waals surface area contributed by atoms with E-state index in [9.17, 15) is 9.59 Å². The van der Waals surface area contributed by atoms with Gasteiger partial charge in [-0.15, -0.1) is 0 Å². The summed E-state index contributed by atoms with van der Waals surface area (Å²) in [6, 6.07) is 12.1. The molecule has 2 heterocycles. The SMILES string of the molecule is COc1cc2oc(=O)cc(C)c2cc1CCC(=O)NCc1nc(-c2ccc(Cl)cc2)no1. The van der Waals surface area contributed by atoms with Gasteiger partial charge in [-0.1, -0.05) is 16.8 Å². The standard InChI is InChI=1S/C23H20ClN3O5/c1-13-9-22(29)31-19-11-18(30-2)15(10-17(13)19)5-8-20(28)25-12-21-26-23(27-32-21)14-3-6-16(24)7-4-14/h3-4,6-7,9-11H,5,8,12H2,1-2H3,(H,25,28). The normalized spacial score (nSPS) is 11.0. The summed E-state index contributed by atoms with van der Waals surface area (Å²) < 4.78 is 15.9. The second-order valence-electron chi connectivity index (χ2n) is 7.20. The highest BCUT2D eigenvalue weighted by molar-refractivity contribution is 6.30. The van der Waals surface area contributed by atoms with E-state index in [0.717, 1.165) is 22.1 Å². The van der Waals surface area contributed by atoms with Gasteiger partial charge in [-0.3, -0.25) is 4.79 Å².